The van der Waals surface area contributed by atoms with Crippen LogP contribution in [-0.2, 0) is 9.47 Å². The maximum absolute atomic E-state index is 6.16. The molecule has 0 amide bonds. The number of hydrogen-bond donors (Lipinski definition) is 2. The van der Waals surface area contributed by atoms with Crippen molar-refractivity contribution in [1.29, 1.82) is 0 Å². The van der Waals surface area contributed by atoms with E-state index in [0.29, 0.717) is 29.5 Å². The molecule has 3 heterocycles. The van der Waals surface area contributed by atoms with Gasteiger partial charge in [-0.3, -0.25) is 4.99 Å². The van der Waals surface area contributed by atoms with Crippen LogP contribution in [0.4, 0.5) is 0 Å². The van der Waals surface area contributed by atoms with Crippen molar-refractivity contribution in [1.82, 2.24) is 15.5 Å². The van der Waals surface area contributed by atoms with E-state index in [1.165, 1.54) is 71.0 Å². The van der Waals surface area contributed by atoms with Crippen molar-refractivity contribution in [3.05, 3.63) is 0 Å². The first-order valence-electron chi connectivity index (χ1n) is 12.3. The molecule has 3 aliphatic heterocycles. The third-order valence-electron chi connectivity index (χ3n) is 8.36. The summed E-state index contributed by atoms with van der Waals surface area (Å²) in [5, 5.41) is 7.71. The molecule has 0 radical (unpaired) electrons. The van der Waals surface area contributed by atoms with Gasteiger partial charge in [-0.1, -0.05) is 12.8 Å². The summed E-state index contributed by atoms with van der Waals surface area (Å²) in [5.41, 5.74) is 0.379. The summed E-state index contributed by atoms with van der Waals surface area (Å²) in [5.74, 6) is 2.49. The maximum Gasteiger partial charge on any atom is 0.191 e. The Balaban J connectivity index is 1.15. The summed E-state index contributed by atoms with van der Waals surface area (Å²) < 4.78 is 11.7. The average Bonchev–Trinajstić information content (AvgIpc) is 3.48. The third-order valence-corrected chi connectivity index (χ3v) is 8.36. The minimum Gasteiger partial charge on any atom is -0.381 e. The van der Waals surface area contributed by atoms with Gasteiger partial charge >= 0.3 is 0 Å². The molecule has 1 spiro atoms. The van der Waals surface area contributed by atoms with Crippen molar-refractivity contribution in [3.63, 3.8) is 0 Å². The van der Waals surface area contributed by atoms with E-state index in [1.54, 1.807) is 0 Å². The van der Waals surface area contributed by atoms with Gasteiger partial charge in [0.1, 0.15) is 0 Å². The van der Waals surface area contributed by atoms with E-state index in [9.17, 15) is 0 Å². The van der Waals surface area contributed by atoms with E-state index < -0.39 is 0 Å². The summed E-state index contributed by atoms with van der Waals surface area (Å²) >= 11 is 0. The molecule has 5 aliphatic rings. The van der Waals surface area contributed by atoms with E-state index in [1.807, 2.05) is 0 Å². The van der Waals surface area contributed by atoms with Crippen molar-refractivity contribution in [2.75, 3.05) is 46.0 Å². The van der Waals surface area contributed by atoms with E-state index >= 15 is 0 Å². The van der Waals surface area contributed by atoms with Crippen LogP contribution in [0.25, 0.3) is 0 Å². The third kappa shape index (κ3) is 3.92. The molecular weight excluding hydrogens is 364 g/mol. The van der Waals surface area contributed by atoms with E-state index in [4.69, 9.17) is 14.5 Å². The Morgan fingerprint density at radius 2 is 1.90 bits per heavy atom. The lowest BCUT2D eigenvalue weighted by molar-refractivity contribution is -0.125. The van der Waals surface area contributed by atoms with Gasteiger partial charge in [0.05, 0.1) is 12.7 Å². The number of hydrogen-bond acceptors (Lipinski definition) is 4. The highest BCUT2D eigenvalue weighted by Crippen LogP contribution is 2.60. The zero-order chi connectivity index (χ0) is 19.7. The second-order valence-corrected chi connectivity index (χ2v) is 10.1. The van der Waals surface area contributed by atoms with Crippen molar-refractivity contribution in [2.45, 2.75) is 76.5 Å². The Kier molecular flexibility index (Phi) is 6.03. The van der Waals surface area contributed by atoms with Gasteiger partial charge in [0.2, 0.25) is 0 Å². The molecule has 3 saturated heterocycles. The lowest BCUT2D eigenvalue weighted by Gasteiger charge is -2.57. The maximum atomic E-state index is 6.16. The number of fused-ring (bicyclic) bond motifs is 2. The fourth-order valence-corrected chi connectivity index (χ4v) is 6.89. The Bertz CT molecular complexity index is 577. The average molecular weight is 405 g/mol. The molecule has 6 nitrogen and oxygen atoms in total. The van der Waals surface area contributed by atoms with Gasteiger partial charge in [-0.05, 0) is 51.4 Å². The van der Waals surface area contributed by atoms with Gasteiger partial charge < -0.3 is 25.0 Å². The number of likely N-dealkylation sites (tertiary alicyclic amines) is 1. The molecule has 5 fully saturated rings. The fourth-order valence-electron chi connectivity index (χ4n) is 6.89. The first-order chi connectivity index (χ1) is 14.3. The Hall–Kier alpha value is -0.850. The van der Waals surface area contributed by atoms with Crippen molar-refractivity contribution < 1.29 is 9.47 Å². The quantitative estimate of drug-likeness (QED) is 0.544. The lowest BCUT2D eigenvalue weighted by atomic mass is 9.54. The normalized spacial score (nSPS) is 37.6. The predicted molar refractivity (Wildman–Crippen MR) is 115 cm³/mol. The minimum atomic E-state index is 0.379. The largest absolute Gasteiger partial charge is 0.381 e. The Labute approximate surface area is 176 Å². The van der Waals surface area contributed by atoms with Crippen molar-refractivity contribution >= 4 is 5.96 Å². The smallest absolute Gasteiger partial charge is 0.191 e. The molecule has 2 N–H and O–H groups in total. The number of ether oxygens (including phenoxy) is 2. The zero-order valence-electron chi connectivity index (χ0n) is 18.2. The number of nitrogens with zero attached hydrogens (tertiary/aromatic N) is 2. The summed E-state index contributed by atoms with van der Waals surface area (Å²) in [6.45, 7) is 9.45. The van der Waals surface area contributed by atoms with Crippen LogP contribution in [0.15, 0.2) is 4.99 Å². The molecule has 164 valence electrons. The molecule has 4 unspecified atom stereocenters. The summed E-state index contributed by atoms with van der Waals surface area (Å²) in [4.78, 5) is 7.47. The molecule has 5 rings (SSSR count). The van der Waals surface area contributed by atoms with Crippen LogP contribution in [0, 0.1) is 17.3 Å². The van der Waals surface area contributed by atoms with Crippen LogP contribution in [0.2, 0.25) is 0 Å². The van der Waals surface area contributed by atoms with E-state index in [-0.39, 0.29) is 0 Å². The first kappa shape index (κ1) is 20.1. The molecule has 0 aromatic carbocycles. The number of rotatable bonds is 5. The monoisotopic (exact) mass is 404 g/mol. The van der Waals surface area contributed by atoms with Gasteiger partial charge in [-0.15, -0.1) is 0 Å². The number of guanidine groups is 1. The standard InChI is InChI=1S/C23H40N4O2/c1-2-24-22(25-18-5-11-27(12-6-18)15-17-7-13-28-16-17)26-20-19-8-14-29-21(19)23(20)9-3-4-10-23/h17-21H,2-16H2,1H3,(H2,24,25,26). The molecule has 0 aromatic heterocycles. The van der Waals surface area contributed by atoms with Gasteiger partial charge in [-0.2, -0.15) is 0 Å². The summed E-state index contributed by atoms with van der Waals surface area (Å²) in [7, 11) is 0. The number of piperidine rings is 1. The zero-order valence-corrected chi connectivity index (χ0v) is 18.2. The van der Waals surface area contributed by atoms with Gasteiger partial charge in [0.25, 0.3) is 0 Å². The molecular formula is C23H40N4O2. The highest BCUT2D eigenvalue weighted by Gasteiger charge is 2.65. The summed E-state index contributed by atoms with van der Waals surface area (Å²) in [6.07, 6.45) is 10.8. The fraction of sp³-hybridized carbons (Fsp3) is 0.957. The van der Waals surface area contributed by atoms with E-state index in [0.717, 1.165) is 38.2 Å². The molecule has 0 aromatic rings. The SMILES string of the molecule is CCN=C(NC1CCN(CC2CCOC2)CC1)NC1C2CCOC2C12CCCC2. The summed E-state index contributed by atoms with van der Waals surface area (Å²) in [6, 6.07) is 1.09. The van der Waals surface area contributed by atoms with Crippen LogP contribution in [0.5, 0.6) is 0 Å². The predicted octanol–water partition coefficient (Wildman–Crippen LogP) is 2.39. The van der Waals surface area contributed by atoms with Crippen molar-refractivity contribution in [3.8, 4) is 0 Å². The number of nitrogens with one attached hydrogen (secondary N) is 2. The van der Waals surface area contributed by atoms with Crippen LogP contribution in [0.1, 0.15) is 58.3 Å². The highest BCUT2D eigenvalue weighted by molar-refractivity contribution is 5.80. The van der Waals surface area contributed by atoms with Gasteiger partial charge in [-0.25, -0.2) is 0 Å². The minimum absolute atomic E-state index is 0.379. The van der Waals surface area contributed by atoms with Crippen LogP contribution in [0.3, 0.4) is 0 Å². The highest BCUT2D eigenvalue weighted by atomic mass is 16.5. The first-order valence-corrected chi connectivity index (χ1v) is 12.3. The molecule has 2 aliphatic carbocycles. The Morgan fingerprint density at radius 1 is 1.07 bits per heavy atom. The molecule has 29 heavy (non-hydrogen) atoms. The second kappa shape index (κ2) is 8.72. The number of aliphatic imine (C=N–C) groups is 1. The van der Waals surface area contributed by atoms with E-state index in [2.05, 4.69) is 22.5 Å². The molecule has 6 heteroatoms. The topological polar surface area (TPSA) is 58.1 Å². The molecule has 4 atom stereocenters. The van der Waals surface area contributed by atoms with Crippen LogP contribution < -0.4 is 10.6 Å². The van der Waals surface area contributed by atoms with Crippen LogP contribution >= 0.6 is 0 Å². The van der Waals surface area contributed by atoms with Crippen LogP contribution in [-0.4, -0.2) is 75.0 Å². The van der Waals surface area contributed by atoms with Crippen molar-refractivity contribution in [2.24, 2.45) is 22.2 Å². The van der Waals surface area contributed by atoms with Gasteiger partial charge in [0.15, 0.2) is 5.96 Å². The lowest BCUT2D eigenvalue weighted by Crippen LogP contribution is -2.69. The molecule has 2 saturated carbocycles. The Morgan fingerprint density at radius 3 is 2.62 bits per heavy atom. The second-order valence-electron chi connectivity index (χ2n) is 10.1. The molecule has 0 bridgehead atoms. The van der Waals surface area contributed by atoms with Gasteiger partial charge in [0, 0.05) is 62.8 Å².